The average Bonchev–Trinajstić information content (AvgIpc) is 3.87. The Balaban J connectivity index is 0.000000209. The van der Waals surface area contributed by atoms with Crippen molar-refractivity contribution in [1.82, 2.24) is 29.8 Å². The predicted octanol–water partition coefficient (Wildman–Crippen LogP) is 7.15. The predicted molar refractivity (Wildman–Crippen MR) is 198 cm³/mol. The number of alkyl halides is 6. The van der Waals surface area contributed by atoms with Gasteiger partial charge in [-0.2, -0.15) is 36.5 Å². The molecule has 0 bridgehead atoms. The average molecular weight is 888 g/mol. The SMILES string of the molecule is Cc1c(Cl)c(C(F)(F)F)nn1CC(=O)O.Cc1c(Cl)cccc1N1CN(C(=O)Cn2nc(C(F)(F)F)c(Cl)c2C)CC1=O.Cc1c(Cl)cccc1N1CNCC1=O. The van der Waals surface area contributed by atoms with Gasteiger partial charge in [-0.3, -0.25) is 43.7 Å². The lowest BCUT2D eigenvalue weighted by Gasteiger charge is -2.20. The van der Waals surface area contributed by atoms with E-state index in [9.17, 15) is 45.5 Å². The van der Waals surface area contributed by atoms with Gasteiger partial charge < -0.3 is 10.0 Å². The first-order chi connectivity index (χ1) is 26.4. The van der Waals surface area contributed by atoms with Crippen molar-refractivity contribution in [3.05, 3.63) is 90.4 Å². The normalized spacial score (nSPS) is 14.5. The Labute approximate surface area is 340 Å². The van der Waals surface area contributed by atoms with Crippen molar-refractivity contribution in [3.8, 4) is 0 Å². The van der Waals surface area contributed by atoms with Gasteiger partial charge >= 0.3 is 18.3 Å². The van der Waals surface area contributed by atoms with E-state index in [2.05, 4.69) is 15.5 Å². The Morgan fingerprint density at radius 1 is 0.737 bits per heavy atom. The summed E-state index contributed by atoms with van der Waals surface area (Å²) in [4.78, 5) is 51.0. The van der Waals surface area contributed by atoms with Gasteiger partial charge in [0.25, 0.3) is 0 Å². The fourth-order valence-corrected chi connectivity index (χ4v) is 6.28. The van der Waals surface area contributed by atoms with E-state index in [1.54, 1.807) is 30.0 Å². The molecule has 0 radical (unpaired) electrons. The van der Waals surface area contributed by atoms with Crippen LogP contribution < -0.4 is 15.1 Å². The Morgan fingerprint density at radius 2 is 1.19 bits per heavy atom. The van der Waals surface area contributed by atoms with Crippen molar-refractivity contribution in [1.29, 1.82) is 0 Å². The lowest BCUT2D eigenvalue weighted by molar-refractivity contribution is -0.143. The third-order valence-corrected chi connectivity index (χ3v) is 10.3. The Bertz CT molecular complexity index is 2190. The summed E-state index contributed by atoms with van der Waals surface area (Å²) in [5, 5.41) is 18.0. The molecule has 2 saturated heterocycles. The third-order valence-electron chi connectivity index (χ3n) is 8.57. The van der Waals surface area contributed by atoms with Gasteiger partial charge in [0, 0.05) is 21.4 Å². The van der Waals surface area contributed by atoms with E-state index in [4.69, 9.17) is 51.5 Å². The zero-order chi connectivity index (χ0) is 42.7. The molecule has 308 valence electrons. The van der Waals surface area contributed by atoms with E-state index in [1.807, 2.05) is 25.1 Å². The summed E-state index contributed by atoms with van der Waals surface area (Å²) in [6.45, 7) is 5.93. The molecule has 0 spiro atoms. The highest BCUT2D eigenvalue weighted by Gasteiger charge is 2.40. The van der Waals surface area contributed by atoms with Gasteiger partial charge in [0.05, 0.1) is 34.6 Å². The van der Waals surface area contributed by atoms with Crippen LogP contribution in [0.5, 0.6) is 0 Å². The fourth-order valence-electron chi connectivity index (χ4n) is 5.46. The zero-order valence-electron chi connectivity index (χ0n) is 30.2. The third kappa shape index (κ3) is 10.5. The molecular formula is C34H32Cl4F6N8O5. The number of nitrogens with one attached hydrogen (secondary N) is 1. The number of carboxylic acid groups (broad SMARTS) is 1. The van der Waals surface area contributed by atoms with E-state index in [-0.39, 0.29) is 36.4 Å². The van der Waals surface area contributed by atoms with Crippen LogP contribution in [-0.2, 0) is 44.6 Å². The number of amides is 3. The summed E-state index contributed by atoms with van der Waals surface area (Å²) in [7, 11) is 0. The van der Waals surface area contributed by atoms with E-state index in [0.29, 0.717) is 39.2 Å². The molecule has 13 nitrogen and oxygen atoms in total. The molecule has 0 unspecified atom stereocenters. The van der Waals surface area contributed by atoms with Crippen LogP contribution in [0.2, 0.25) is 20.1 Å². The summed E-state index contributed by atoms with van der Waals surface area (Å²) in [6, 6.07) is 10.7. The quantitative estimate of drug-likeness (QED) is 0.194. The topological polar surface area (TPSA) is 146 Å². The molecule has 2 aromatic heterocycles. The number of hydrogen-bond donors (Lipinski definition) is 2. The maximum absolute atomic E-state index is 12.9. The number of halogens is 10. The maximum Gasteiger partial charge on any atom is 0.436 e. The molecule has 57 heavy (non-hydrogen) atoms. The first-order valence-electron chi connectivity index (χ1n) is 16.3. The second kappa shape index (κ2) is 17.9. The van der Waals surface area contributed by atoms with Crippen LogP contribution in [0.4, 0.5) is 37.7 Å². The van der Waals surface area contributed by atoms with Crippen molar-refractivity contribution in [2.45, 2.75) is 53.1 Å². The molecule has 23 heteroatoms. The Morgan fingerprint density at radius 3 is 1.60 bits per heavy atom. The molecule has 4 aromatic rings. The van der Waals surface area contributed by atoms with Crippen molar-refractivity contribution < 1.29 is 50.6 Å². The number of aliphatic carboxylic acids is 1. The molecular weight excluding hydrogens is 856 g/mol. The molecule has 2 aliphatic heterocycles. The van der Waals surface area contributed by atoms with Crippen LogP contribution in [-0.4, -0.2) is 79.7 Å². The van der Waals surface area contributed by atoms with E-state index >= 15 is 0 Å². The summed E-state index contributed by atoms with van der Waals surface area (Å²) in [6.07, 6.45) is -9.40. The summed E-state index contributed by atoms with van der Waals surface area (Å²) < 4.78 is 77.2. The number of carbonyl (C=O) groups excluding carboxylic acids is 3. The Hall–Kier alpha value is -4.56. The molecule has 3 amide bonds. The molecule has 2 aromatic carbocycles. The first-order valence-corrected chi connectivity index (χ1v) is 17.9. The second-order valence-electron chi connectivity index (χ2n) is 12.4. The first kappa shape index (κ1) is 45.1. The number of benzene rings is 2. The highest BCUT2D eigenvalue weighted by Crippen LogP contribution is 2.37. The van der Waals surface area contributed by atoms with E-state index in [0.717, 1.165) is 15.9 Å². The highest BCUT2D eigenvalue weighted by atomic mass is 35.5. The number of rotatable bonds is 6. The van der Waals surface area contributed by atoms with Gasteiger partial charge in [-0.25, -0.2) is 0 Å². The van der Waals surface area contributed by atoms with Crippen molar-refractivity contribution in [2.75, 3.05) is 36.2 Å². The zero-order valence-corrected chi connectivity index (χ0v) is 33.2. The minimum Gasteiger partial charge on any atom is -0.480 e. The summed E-state index contributed by atoms with van der Waals surface area (Å²) >= 11 is 23.1. The lowest BCUT2D eigenvalue weighted by atomic mass is 10.2. The molecule has 2 aliphatic rings. The minimum absolute atomic E-state index is 0.0219. The smallest absolute Gasteiger partial charge is 0.436 e. The van der Waals surface area contributed by atoms with Gasteiger partial charge in [-0.1, -0.05) is 58.5 Å². The van der Waals surface area contributed by atoms with Gasteiger partial charge in [0.2, 0.25) is 17.7 Å². The number of aromatic nitrogens is 4. The minimum atomic E-state index is -4.72. The van der Waals surface area contributed by atoms with Crippen LogP contribution in [0.15, 0.2) is 36.4 Å². The van der Waals surface area contributed by atoms with Gasteiger partial charge in [-0.05, 0) is 63.1 Å². The maximum atomic E-state index is 12.9. The molecule has 6 rings (SSSR count). The van der Waals surface area contributed by atoms with Crippen LogP contribution >= 0.6 is 46.4 Å². The van der Waals surface area contributed by atoms with Gasteiger partial charge in [0.1, 0.15) is 26.3 Å². The molecule has 4 heterocycles. The van der Waals surface area contributed by atoms with Crippen LogP contribution in [0.25, 0.3) is 0 Å². The highest BCUT2D eigenvalue weighted by molar-refractivity contribution is 6.33. The van der Waals surface area contributed by atoms with E-state index < -0.39 is 58.8 Å². The number of carbonyl (C=O) groups is 4. The molecule has 0 atom stereocenters. The van der Waals surface area contributed by atoms with Crippen molar-refractivity contribution in [3.63, 3.8) is 0 Å². The lowest BCUT2D eigenvalue weighted by Crippen LogP contribution is -2.34. The molecule has 0 saturated carbocycles. The molecule has 2 fully saturated rings. The summed E-state index contributed by atoms with van der Waals surface area (Å²) in [5.74, 6) is -2.06. The summed E-state index contributed by atoms with van der Waals surface area (Å²) in [5.41, 5.74) is 0.610. The standard InChI is InChI=1S/C17H15Cl2F3N4O2.C10H11ClN2O.C7H6ClF3N2O2/c1-9-11(18)4-3-5-12(9)25-8-24(6-14(25)28)13(27)7-26-10(2)15(19)16(23-26)17(20,21)22;1-7-8(11)3-2-4-9(7)13-6-12-5-10(13)14;1-3-5(8)6(7(9,10)11)12-13(3)2-4(14)15/h3-5H,6-8H2,1-2H3;2-4,12H,5-6H2,1H3;2H2,1H3,(H,14,15). The number of carboxylic acids is 1. The number of nitrogens with zero attached hydrogens (tertiary/aromatic N) is 7. The van der Waals surface area contributed by atoms with Crippen LogP contribution in [0, 0.1) is 27.7 Å². The van der Waals surface area contributed by atoms with Gasteiger partial charge in [-0.15, -0.1) is 0 Å². The van der Waals surface area contributed by atoms with E-state index in [1.165, 1.54) is 23.6 Å². The molecule has 0 aliphatic carbocycles. The number of hydrogen-bond acceptors (Lipinski definition) is 7. The van der Waals surface area contributed by atoms with Crippen LogP contribution in [0.1, 0.15) is 33.9 Å². The largest absolute Gasteiger partial charge is 0.480 e. The van der Waals surface area contributed by atoms with Crippen LogP contribution in [0.3, 0.4) is 0 Å². The van der Waals surface area contributed by atoms with Crippen molar-refractivity contribution >= 4 is 81.5 Å². The fraction of sp³-hybridized carbons (Fsp3) is 0.353. The monoisotopic (exact) mass is 886 g/mol. The number of anilines is 2. The van der Waals surface area contributed by atoms with Gasteiger partial charge in [0.15, 0.2) is 11.4 Å². The van der Waals surface area contributed by atoms with Crippen molar-refractivity contribution in [2.24, 2.45) is 0 Å². The Kier molecular flexibility index (Phi) is 14.2. The second-order valence-corrected chi connectivity index (χ2v) is 14.0. The molecule has 2 N–H and O–H groups in total.